The summed E-state index contributed by atoms with van der Waals surface area (Å²) >= 11 is 0. The Kier molecular flexibility index (Phi) is 9.69. The van der Waals surface area contributed by atoms with Gasteiger partial charge in [0.1, 0.15) is 18.1 Å². The molecule has 0 spiro atoms. The third kappa shape index (κ3) is 8.06. The van der Waals surface area contributed by atoms with E-state index in [9.17, 15) is 33.9 Å². The number of nitrogens with zero attached hydrogens (tertiary/aromatic N) is 2. The maximum Gasteiger partial charge on any atom is 0.326 e. The van der Waals surface area contributed by atoms with Crippen LogP contribution in [0.1, 0.15) is 37.8 Å². The minimum absolute atomic E-state index is 0.0281. The second kappa shape index (κ2) is 12.5. The van der Waals surface area contributed by atoms with Gasteiger partial charge >= 0.3 is 5.97 Å². The van der Waals surface area contributed by atoms with E-state index in [2.05, 4.69) is 20.6 Å². The summed E-state index contributed by atoms with van der Waals surface area (Å²) in [6.45, 7) is 0.262. The molecule has 10 N–H and O–H groups in total. The summed E-state index contributed by atoms with van der Waals surface area (Å²) in [5, 5.41) is 14.0. The van der Waals surface area contributed by atoms with Crippen LogP contribution in [0.4, 0.5) is 0 Å². The van der Waals surface area contributed by atoms with Crippen LogP contribution in [-0.4, -0.2) is 86.2 Å². The quantitative estimate of drug-likeness (QED) is 0.143. The van der Waals surface area contributed by atoms with E-state index < -0.39 is 66.1 Å². The molecule has 35 heavy (non-hydrogen) atoms. The molecule has 192 valence electrons. The van der Waals surface area contributed by atoms with Gasteiger partial charge in [-0.2, -0.15) is 0 Å². The summed E-state index contributed by atoms with van der Waals surface area (Å²) in [6, 6.07) is -4.78. The van der Waals surface area contributed by atoms with Crippen molar-refractivity contribution in [3.8, 4) is 0 Å². The lowest BCUT2D eigenvalue weighted by Crippen LogP contribution is -2.57. The van der Waals surface area contributed by atoms with Crippen LogP contribution in [0.5, 0.6) is 0 Å². The Morgan fingerprint density at radius 3 is 2.43 bits per heavy atom. The molecule has 1 saturated heterocycles. The summed E-state index contributed by atoms with van der Waals surface area (Å²) in [7, 11) is 0. The molecule has 2 rings (SSSR count). The number of hydrogen-bond acceptors (Lipinski definition) is 8. The first-order chi connectivity index (χ1) is 16.5. The number of amides is 5. The largest absolute Gasteiger partial charge is 0.480 e. The van der Waals surface area contributed by atoms with Crippen molar-refractivity contribution in [2.24, 2.45) is 17.2 Å². The van der Waals surface area contributed by atoms with Crippen molar-refractivity contribution in [1.82, 2.24) is 25.5 Å². The lowest BCUT2D eigenvalue weighted by atomic mass is 10.1. The molecule has 1 fully saturated rings. The van der Waals surface area contributed by atoms with E-state index in [1.165, 1.54) is 17.4 Å². The number of H-pyrrole nitrogens is 1. The maximum atomic E-state index is 13.1. The van der Waals surface area contributed by atoms with Crippen LogP contribution < -0.4 is 27.8 Å². The summed E-state index contributed by atoms with van der Waals surface area (Å²) in [5.74, 6) is -5.03. The highest BCUT2D eigenvalue weighted by Crippen LogP contribution is 2.19. The van der Waals surface area contributed by atoms with Crippen molar-refractivity contribution < 1.29 is 33.9 Å². The molecule has 4 unspecified atom stereocenters. The van der Waals surface area contributed by atoms with E-state index >= 15 is 0 Å². The average molecular weight is 495 g/mol. The minimum Gasteiger partial charge on any atom is -0.480 e. The third-order valence-electron chi connectivity index (χ3n) is 5.49. The van der Waals surface area contributed by atoms with Gasteiger partial charge in [0.05, 0.1) is 18.8 Å². The van der Waals surface area contributed by atoms with Crippen LogP contribution >= 0.6 is 0 Å². The molecule has 0 bridgehead atoms. The minimum atomic E-state index is -1.59. The Morgan fingerprint density at radius 2 is 1.86 bits per heavy atom. The number of aliphatic carboxylic acids is 1. The molecular weight excluding hydrogens is 464 g/mol. The second-order valence-electron chi connectivity index (χ2n) is 8.21. The fourth-order valence-electron chi connectivity index (χ4n) is 3.70. The highest BCUT2D eigenvalue weighted by Gasteiger charge is 2.38. The highest BCUT2D eigenvalue weighted by atomic mass is 16.4. The van der Waals surface area contributed by atoms with Crippen molar-refractivity contribution in [3.05, 3.63) is 18.2 Å². The molecule has 15 nitrogen and oxygen atoms in total. The lowest BCUT2D eigenvalue weighted by Gasteiger charge is -2.28. The third-order valence-corrected chi connectivity index (χ3v) is 5.49. The van der Waals surface area contributed by atoms with Crippen molar-refractivity contribution >= 4 is 35.5 Å². The molecule has 1 aliphatic rings. The predicted molar refractivity (Wildman–Crippen MR) is 119 cm³/mol. The van der Waals surface area contributed by atoms with Gasteiger partial charge in [0.2, 0.25) is 29.5 Å². The van der Waals surface area contributed by atoms with E-state index in [0.29, 0.717) is 18.5 Å². The number of carbonyl (C=O) groups excluding carboxylic acids is 5. The monoisotopic (exact) mass is 494 g/mol. The lowest BCUT2D eigenvalue weighted by molar-refractivity contribution is -0.144. The van der Waals surface area contributed by atoms with Gasteiger partial charge in [0.15, 0.2) is 0 Å². The molecule has 4 atom stereocenters. The number of rotatable bonds is 13. The maximum absolute atomic E-state index is 13.1. The van der Waals surface area contributed by atoms with Crippen molar-refractivity contribution in [2.75, 3.05) is 6.54 Å². The normalized spacial score (nSPS) is 17.7. The number of carboxylic acids is 1. The first-order valence-corrected chi connectivity index (χ1v) is 10.9. The van der Waals surface area contributed by atoms with Gasteiger partial charge in [-0.3, -0.25) is 24.0 Å². The van der Waals surface area contributed by atoms with Gasteiger partial charge in [-0.05, 0) is 19.3 Å². The first-order valence-electron chi connectivity index (χ1n) is 10.9. The number of nitrogens with one attached hydrogen (secondary N) is 3. The number of carbonyl (C=O) groups is 6. The van der Waals surface area contributed by atoms with Crippen molar-refractivity contribution in [3.63, 3.8) is 0 Å². The van der Waals surface area contributed by atoms with E-state index in [1.54, 1.807) is 0 Å². The molecule has 5 amide bonds. The van der Waals surface area contributed by atoms with Crippen LogP contribution in [0.25, 0.3) is 0 Å². The van der Waals surface area contributed by atoms with Crippen molar-refractivity contribution in [1.29, 1.82) is 0 Å². The number of nitrogens with two attached hydrogens (primary N) is 3. The molecular formula is C20H30N8O7. The fourth-order valence-corrected chi connectivity index (χ4v) is 3.70. The molecule has 0 aliphatic carbocycles. The molecule has 2 heterocycles. The number of carboxylic acid groups (broad SMARTS) is 1. The number of primary amides is 2. The molecule has 15 heteroatoms. The Bertz CT molecular complexity index is 951. The number of imidazole rings is 1. The molecule has 0 saturated carbocycles. The SMILES string of the molecule is NC(=O)CCC(N)C(=O)N1CCCC1C(=O)NC(Cc1cnc[nH]1)C(=O)NC(CC(N)=O)C(=O)O. The molecule has 0 aromatic carbocycles. The van der Waals surface area contributed by atoms with Crippen LogP contribution in [-0.2, 0) is 35.2 Å². The number of aromatic nitrogens is 2. The number of aromatic amines is 1. The summed E-state index contributed by atoms with van der Waals surface area (Å²) in [6.07, 6.45) is 2.86. The Hall–Kier alpha value is -4.01. The van der Waals surface area contributed by atoms with Crippen LogP contribution in [0.2, 0.25) is 0 Å². The fraction of sp³-hybridized carbons (Fsp3) is 0.550. The first kappa shape index (κ1) is 27.2. The molecule has 1 aromatic heterocycles. The Morgan fingerprint density at radius 1 is 1.14 bits per heavy atom. The Balaban J connectivity index is 2.14. The number of likely N-dealkylation sites (tertiary alicyclic amines) is 1. The van der Waals surface area contributed by atoms with Gasteiger partial charge in [-0.15, -0.1) is 0 Å². The zero-order chi connectivity index (χ0) is 26.1. The second-order valence-corrected chi connectivity index (χ2v) is 8.21. The summed E-state index contributed by atoms with van der Waals surface area (Å²) < 4.78 is 0. The zero-order valence-electron chi connectivity index (χ0n) is 18.9. The molecule has 0 radical (unpaired) electrons. The Labute approximate surface area is 200 Å². The van der Waals surface area contributed by atoms with Crippen LogP contribution in [0.15, 0.2) is 12.5 Å². The molecule has 1 aromatic rings. The van der Waals surface area contributed by atoms with Gasteiger partial charge in [-0.25, -0.2) is 9.78 Å². The van der Waals surface area contributed by atoms with E-state index in [1.807, 2.05) is 0 Å². The van der Waals surface area contributed by atoms with Crippen LogP contribution in [0, 0.1) is 0 Å². The number of hydrogen-bond donors (Lipinski definition) is 7. The summed E-state index contributed by atoms with van der Waals surface area (Å²) in [5.41, 5.74) is 16.5. The van der Waals surface area contributed by atoms with Crippen molar-refractivity contribution in [2.45, 2.75) is 62.7 Å². The van der Waals surface area contributed by atoms with Gasteiger partial charge in [0, 0.05) is 31.3 Å². The molecule has 1 aliphatic heterocycles. The summed E-state index contributed by atoms with van der Waals surface area (Å²) in [4.78, 5) is 80.2. The zero-order valence-corrected chi connectivity index (χ0v) is 18.9. The predicted octanol–water partition coefficient (Wildman–Crippen LogP) is -3.53. The van der Waals surface area contributed by atoms with E-state index in [0.717, 1.165) is 0 Å². The van der Waals surface area contributed by atoms with Gasteiger partial charge in [0.25, 0.3) is 0 Å². The van der Waals surface area contributed by atoms with Crippen LogP contribution in [0.3, 0.4) is 0 Å². The van der Waals surface area contributed by atoms with Gasteiger partial charge < -0.3 is 42.8 Å². The average Bonchev–Trinajstić information content (AvgIpc) is 3.47. The topological polar surface area (TPSA) is 257 Å². The highest BCUT2D eigenvalue weighted by molar-refractivity contribution is 5.95. The standard InChI is InChI=1S/C20H30N8O7/c21-11(3-4-15(22)29)19(33)28-5-1-2-14(28)18(32)26-12(6-10-8-24-9-25-10)17(31)27-13(20(34)35)7-16(23)30/h8-9,11-14H,1-7,21H2,(H2,22,29)(H2,23,30)(H,24,25)(H,26,32)(H,27,31)(H,34,35). The van der Waals surface area contributed by atoms with E-state index in [-0.39, 0.29) is 25.8 Å². The van der Waals surface area contributed by atoms with Gasteiger partial charge in [-0.1, -0.05) is 0 Å². The smallest absolute Gasteiger partial charge is 0.326 e. The van der Waals surface area contributed by atoms with E-state index in [4.69, 9.17) is 17.2 Å².